The van der Waals surface area contributed by atoms with E-state index in [1.165, 1.54) is 112 Å². The Morgan fingerprint density at radius 1 is 0.309 bits per heavy atom. The Bertz CT molecular complexity index is 3000. The van der Waals surface area contributed by atoms with Crippen molar-refractivity contribution < 1.29 is 0 Å². The van der Waals surface area contributed by atoms with Crippen LogP contribution in [0.3, 0.4) is 0 Å². The predicted molar refractivity (Wildman–Crippen MR) is 226 cm³/mol. The second-order valence-electron chi connectivity index (χ2n) is 16.9. The summed E-state index contributed by atoms with van der Waals surface area (Å²) in [4.78, 5) is 2.66. The molecular weight excluding hydrogens is 663 g/mol. The van der Waals surface area contributed by atoms with E-state index in [1.54, 1.807) is 0 Å². The molecule has 55 heavy (non-hydrogen) atoms. The van der Waals surface area contributed by atoms with E-state index in [0.29, 0.717) is 0 Å². The Balaban J connectivity index is 1.20. The molecule has 0 amide bonds. The van der Waals surface area contributed by atoms with Gasteiger partial charge >= 0.3 is 0 Å². The first-order valence-corrected chi connectivity index (χ1v) is 19.7. The molecule has 4 aliphatic carbocycles. The van der Waals surface area contributed by atoms with E-state index in [9.17, 15) is 0 Å². The van der Waals surface area contributed by atoms with Gasteiger partial charge in [-0.1, -0.05) is 159 Å². The van der Waals surface area contributed by atoms with Crippen molar-refractivity contribution in [3.05, 3.63) is 220 Å². The molecule has 0 bridgehead atoms. The van der Waals surface area contributed by atoms with Gasteiger partial charge in [-0.05, 0) is 126 Å². The first-order valence-electron chi connectivity index (χ1n) is 19.7. The summed E-state index contributed by atoms with van der Waals surface area (Å²) in [6.45, 7) is 7.33. The Morgan fingerprint density at radius 3 is 1.31 bits per heavy atom. The van der Waals surface area contributed by atoms with E-state index in [-0.39, 0.29) is 10.8 Å². The molecule has 258 valence electrons. The molecule has 0 radical (unpaired) electrons. The van der Waals surface area contributed by atoms with Gasteiger partial charge < -0.3 is 4.90 Å². The normalized spacial score (nSPS) is 18.4. The van der Waals surface area contributed by atoms with Gasteiger partial charge in [-0.15, -0.1) is 0 Å². The average Bonchev–Trinajstić information content (AvgIpc) is 3.87. The lowest BCUT2D eigenvalue weighted by atomic mass is 9.67. The largest absolute Gasteiger partial charge is 0.309 e. The number of anilines is 3. The van der Waals surface area contributed by atoms with Gasteiger partial charge in [0.1, 0.15) is 0 Å². The molecule has 1 heterocycles. The number of fused-ring (bicyclic) bond motifs is 18. The summed E-state index contributed by atoms with van der Waals surface area (Å²) in [5.74, 6) is 0. The smallest absolute Gasteiger partial charge is 0.0726 e. The van der Waals surface area contributed by atoms with Crippen LogP contribution in [0.15, 0.2) is 170 Å². The minimum atomic E-state index is -0.426. The third-order valence-electron chi connectivity index (χ3n) is 14.2. The fourth-order valence-electron chi connectivity index (χ4n) is 12.2. The molecule has 1 aliphatic heterocycles. The van der Waals surface area contributed by atoms with E-state index >= 15 is 0 Å². The maximum Gasteiger partial charge on any atom is 0.0726 e. The Hall–Kier alpha value is -6.44. The van der Waals surface area contributed by atoms with Crippen molar-refractivity contribution in [3.63, 3.8) is 0 Å². The summed E-state index contributed by atoms with van der Waals surface area (Å²) in [6, 6.07) is 65.0. The lowest BCUT2D eigenvalue weighted by Crippen LogP contribution is -2.34. The summed E-state index contributed by atoms with van der Waals surface area (Å²) in [5.41, 5.74) is 26.1. The van der Waals surface area contributed by atoms with Gasteiger partial charge in [0, 0.05) is 10.8 Å². The van der Waals surface area contributed by atoms with Crippen molar-refractivity contribution in [2.24, 2.45) is 0 Å². The van der Waals surface area contributed by atoms with Gasteiger partial charge in [0.15, 0.2) is 0 Å². The first kappa shape index (κ1) is 29.9. The third kappa shape index (κ3) is 3.24. The highest BCUT2D eigenvalue weighted by Crippen LogP contribution is 2.68. The fourth-order valence-corrected chi connectivity index (χ4v) is 12.2. The zero-order valence-corrected chi connectivity index (χ0v) is 31.1. The van der Waals surface area contributed by atoms with Gasteiger partial charge in [-0.25, -0.2) is 0 Å². The number of rotatable bonds is 1. The van der Waals surface area contributed by atoms with Gasteiger partial charge in [0.05, 0.1) is 22.5 Å². The molecule has 8 aromatic carbocycles. The van der Waals surface area contributed by atoms with Crippen molar-refractivity contribution in [2.75, 3.05) is 4.90 Å². The molecule has 13 rings (SSSR count). The summed E-state index contributed by atoms with van der Waals surface area (Å²) < 4.78 is 0. The molecular formula is C54H37N. The van der Waals surface area contributed by atoms with Crippen LogP contribution < -0.4 is 4.90 Å². The highest BCUT2D eigenvalue weighted by molar-refractivity contribution is 6.03. The van der Waals surface area contributed by atoms with Crippen LogP contribution in [0.25, 0.3) is 44.5 Å². The SMILES string of the molecule is CC1(C)c2ccccc2-c2cccc(N3c4cc5c(cc4C4(C)c6ccccc6-c6cccc3c64)-c3ccccc3C53c4ccccc4-c4ccccc43)c21. The summed E-state index contributed by atoms with van der Waals surface area (Å²) in [5, 5.41) is 0. The molecule has 0 N–H and O–H groups in total. The second-order valence-corrected chi connectivity index (χ2v) is 16.9. The molecule has 0 fully saturated rings. The van der Waals surface area contributed by atoms with Crippen LogP contribution in [0.5, 0.6) is 0 Å². The van der Waals surface area contributed by atoms with Crippen LogP contribution in [0.2, 0.25) is 0 Å². The zero-order valence-electron chi connectivity index (χ0n) is 31.1. The molecule has 1 nitrogen and oxygen atoms in total. The topological polar surface area (TPSA) is 3.24 Å². The van der Waals surface area contributed by atoms with Gasteiger partial charge in [-0.2, -0.15) is 0 Å². The average molecular weight is 700 g/mol. The van der Waals surface area contributed by atoms with Crippen LogP contribution >= 0.6 is 0 Å². The van der Waals surface area contributed by atoms with E-state index in [1.807, 2.05) is 0 Å². The van der Waals surface area contributed by atoms with Crippen LogP contribution in [0.4, 0.5) is 17.1 Å². The molecule has 0 saturated heterocycles. The quantitative estimate of drug-likeness (QED) is 0.165. The Morgan fingerprint density at radius 2 is 0.727 bits per heavy atom. The first-order chi connectivity index (χ1) is 26.9. The highest BCUT2D eigenvalue weighted by Gasteiger charge is 2.55. The number of benzene rings is 8. The minimum Gasteiger partial charge on any atom is -0.309 e. The standard InChI is InChI=1S/C54H37N/c1-52(2)40-23-9-4-18-34(40)37-21-14-28-47(50(37)52)55-48-29-15-22-38-35-19-5-10-24-41(35)53(3,51(38)48)46-30-39-36-20-8-13-27-44(36)54(45(39)31-49(46)55)42-25-11-6-16-32(42)33-17-7-12-26-43(33)54/h4-31H,1-3H3. The van der Waals surface area contributed by atoms with Crippen LogP contribution in [-0.2, 0) is 16.2 Å². The van der Waals surface area contributed by atoms with E-state index < -0.39 is 5.41 Å². The van der Waals surface area contributed by atoms with E-state index in [2.05, 4.69) is 196 Å². The minimum absolute atomic E-state index is 0.179. The third-order valence-corrected chi connectivity index (χ3v) is 14.2. The number of nitrogens with zero attached hydrogens (tertiary/aromatic N) is 1. The van der Waals surface area contributed by atoms with Crippen molar-refractivity contribution in [3.8, 4) is 44.5 Å². The fraction of sp³-hybridized carbons (Fsp3) is 0.111. The lowest BCUT2D eigenvalue weighted by Gasteiger charge is -2.44. The number of hydrogen-bond acceptors (Lipinski definition) is 1. The maximum atomic E-state index is 2.66. The molecule has 0 saturated carbocycles. The Labute approximate surface area is 322 Å². The molecule has 1 unspecified atom stereocenters. The molecule has 5 aliphatic rings. The molecule has 1 heteroatoms. The lowest BCUT2D eigenvalue weighted by molar-refractivity contribution is 0.658. The van der Waals surface area contributed by atoms with E-state index in [4.69, 9.17) is 0 Å². The van der Waals surface area contributed by atoms with E-state index in [0.717, 1.165) is 0 Å². The monoisotopic (exact) mass is 699 g/mol. The highest BCUT2D eigenvalue weighted by atomic mass is 15.2. The van der Waals surface area contributed by atoms with Crippen molar-refractivity contribution >= 4 is 17.1 Å². The van der Waals surface area contributed by atoms with Crippen LogP contribution in [0.1, 0.15) is 70.8 Å². The van der Waals surface area contributed by atoms with Crippen LogP contribution in [-0.4, -0.2) is 0 Å². The van der Waals surface area contributed by atoms with Gasteiger partial charge in [0.2, 0.25) is 0 Å². The molecule has 0 aromatic heterocycles. The van der Waals surface area contributed by atoms with Crippen molar-refractivity contribution in [1.29, 1.82) is 0 Å². The predicted octanol–water partition coefficient (Wildman–Crippen LogP) is 13.5. The molecule has 8 aromatic rings. The number of hydrogen-bond donors (Lipinski definition) is 0. The van der Waals surface area contributed by atoms with Crippen LogP contribution in [0, 0.1) is 0 Å². The Kier molecular flexibility index (Phi) is 5.34. The maximum absolute atomic E-state index is 2.66. The summed E-state index contributed by atoms with van der Waals surface area (Å²) in [6.07, 6.45) is 0. The summed E-state index contributed by atoms with van der Waals surface area (Å²) in [7, 11) is 0. The molecule has 1 spiro atoms. The molecule has 1 atom stereocenters. The van der Waals surface area contributed by atoms with Crippen molar-refractivity contribution in [1.82, 2.24) is 0 Å². The second kappa shape index (κ2) is 9.80. The zero-order chi connectivity index (χ0) is 36.4. The summed E-state index contributed by atoms with van der Waals surface area (Å²) >= 11 is 0. The van der Waals surface area contributed by atoms with Gasteiger partial charge in [0.25, 0.3) is 0 Å². The van der Waals surface area contributed by atoms with Gasteiger partial charge in [-0.3, -0.25) is 0 Å². The van der Waals surface area contributed by atoms with Crippen molar-refractivity contribution in [2.45, 2.75) is 37.0 Å².